The minimum absolute atomic E-state index is 0.315. The first kappa shape index (κ1) is 12.5. The van der Waals surface area contributed by atoms with Crippen molar-refractivity contribution in [3.8, 4) is 0 Å². The van der Waals surface area contributed by atoms with Crippen LogP contribution in [-0.2, 0) is 9.53 Å². The zero-order valence-electron chi connectivity index (χ0n) is 11.3. The summed E-state index contributed by atoms with van der Waals surface area (Å²) in [7, 11) is 0. The van der Waals surface area contributed by atoms with Crippen molar-refractivity contribution in [3.05, 3.63) is 30.9 Å². The van der Waals surface area contributed by atoms with Gasteiger partial charge in [-0.2, -0.15) is 0 Å². The maximum atomic E-state index is 11.2. The predicted molar refractivity (Wildman–Crippen MR) is 73.9 cm³/mol. The van der Waals surface area contributed by atoms with Crippen molar-refractivity contribution in [1.29, 1.82) is 0 Å². The number of carbonyl (C=O) groups excluding carboxylic acids is 1. The Hall–Kier alpha value is -2.50. The molecule has 3 aromatic heterocycles. The molecule has 3 aromatic rings. The van der Waals surface area contributed by atoms with Gasteiger partial charge in [0.25, 0.3) is 0 Å². The summed E-state index contributed by atoms with van der Waals surface area (Å²) in [5.41, 5.74) is 3.12. The number of hydrogen-bond donors (Lipinski definition) is 0. The summed E-state index contributed by atoms with van der Waals surface area (Å²) in [6, 6.07) is 3.73. The highest BCUT2D eigenvalue weighted by atomic mass is 16.6. The Kier molecular flexibility index (Phi) is 3.06. The number of aromatic nitrogens is 4. The van der Waals surface area contributed by atoms with Crippen LogP contribution >= 0.6 is 0 Å². The second kappa shape index (κ2) is 4.88. The summed E-state index contributed by atoms with van der Waals surface area (Å²) < 4.78 is 7.18. The van der Waals surface area contributed by atoms with Gasteiger partial charge in [0.15, 0.2) is 6.23 Å². The molecular formula is C14H14N4O2. The number of rotatable bonds is 3. The zero-order chi connectivity index (χ0) is 14.1. The Balaban J connectivity index is 2.25. The minimum Gasteiger partial charge on any atom is -0.441 e. The maximum Gasteiger partial charge on any atom is 0.304 e. The van der Waals surface area contributed by atoms with E-state index in [1.54, 1.807) is 18.7 Å². The highest BCUT2D eigenvalue weighted by Gasteiger charge is 2.17. The van der Waals surface area contributed by atoms with Crippen molar-refractivity contribution in [2.75, 3.05) is 0 Å². The molecule has 0 aliphatic rings. The summed E-state index contributed by atoms with van der Waals surface area (Å²) in [5.74, 6) is -0.315. The van der Waals surface area contributed by atoms with Gasteiger partial charge in [-0.15, -0.1) is 0 Å². The van der Waals surface area contributed by atoms with Crippen LogP contribution in [0.5, 0.6) is 0 Å². The van der Waals surface area contributed by atoms with E-state index in [2.05, 4.69) is 15.0 Å². The largest absolute Gasteiger partial charge is 0.441 e. The average Bonchev–Trinajstić information content (AvgIpc) is 2.89. The summed E-state index contributed by atoms with van der Waals surface area (Å²) in [6.07, 6.45) is 5.36. The average molecular weight is 270 g/mol. The molecule has 20 heavy (non-hydrogen) atoms. The lowest BCUT2D eigenvalue weighted by Gasteiger charge is -2.17. The SMILES string of the molecule is CCC(OC(C)=O)n1cnc2cnc3cccnc3c21. The van der Waals surface area contributed by atoms with Crippen molar-refractivity contribution >= 4 is 28.0 Å². The molecule has 0 aliphatic carbocycles. The molecule has 3 heterocycles. The zero-order valence-corrected chi connectivity index (χ0v) is 11.3. The number of esters is 1. The van der Waals surface area contributed by atoms with Crippen LogP contribution in [0.4, 0.5) is 0 Å². The molecule has 0 amide bonds. The quantitative estimate of drug-likeness (QED) is 0.684. The van der Waals surface area contributed by atoms with E-state index >= 15 is 0 Å². The van der Waals surface area contributed by atoms with Gasteiger partial charge in [-0.3, -0.25) is 19.3 Å². The van der Waals surface area contributed by atoms with Gasteiger partial charge < -0.3 is 4.74 Å². The third kappa shape index (κ3) is 1.99. The van der Waals surface area contributed by atoms with E-state index in [1.807, 2.05) is 23.6 Å². The van der Waals surface area contributed by atoms with Crippen molar-refractivity contribution in [2.45, 2.75) is 26.5 Å². The lowest BCUT2D eigenvalue weighted by Crippen LogP contribution is -2.14. The number of carbonyl (C=O) groups is 1. The normalized spacial score (nSPS) is 12.7. The Morgan fingerprint density at radius 2 is 2.20 bits per heavy atom. The molecule has 3 rings (SSSR count). The molecule has 1 unspecified atom stereocenters. The summed E-state index contributed by atoms with van der Waals surface area (Å²) >= 11 is 0. The van der Waals surface area contributed by atoms with Gasteiger partial charge in [-0.1, -0.05) is 6.92 Å². The van der Waals surface area contributed by atoms with Gasteiger partial charge >= 0.3 is 5.97 Å². The second-order valence-corrected chi connectivity index (χ2v) is 4.49. The minimum atomic E-state index is -0.384. The lowest BCUT2D eigenvalue weighted by atomic mass is 10.3. The van der Waals surface area contributed by atoms with Crippen LogP contribution in [0, 0.1) is 0 Å². The highest BCUT2D eigenvalue weighted by molar-refractivity contribution is 5.99. The van der Waals surface area contributed by atoms with Crippen LogP contribution in [-0.4, -0.2) is 25.5 Å². The molecule has 0 saturated carbocycles. The topological polar surface area (TPSA) is 69.9 Å². The van der Waals surface area contributed by atoms with Gasteiger partial charge in [-0.25, -0.2) is 4.98 Å². The number of imidazole rings is 1. The Bertz CT molecular complexity index is 781. The van der Waals surface area contributed by atoms with E-state index < -0.39 is 0 Å². The van der Waals surface area contributed by atoms with Crippen LogP contribution in [0.15, 0.2) is 30.9 Å². The molecule has 0 N–H and O–H groups in total. The first-order chi connectivity index (χ1) is 9.70. The van der Waals surface area contributed by atoms with E-state index in [0.29, 0.717) is 6.42 Å². The molecular weight excluding hydrogens is 256 g/mol. The van der Waals surface area contributed by atoms with E-state index in [4.69, 9.17) is 4.74 Å². The highest BCUT2D eigenvalue weighted by Crippen LogP contribution is 2.25. The number of fused-ring (bicyclic) bond motifs is 3. The fourth-order valence-electron chi connectivity index (χ4n) is 2.27. The first-order valence-corrected chi connectivity index (χ1v) is 6.44. The van der Waals surface area contributed by atoms with Crippen LogP contribution in [0.25, 0.3) is 22.1 Å². The first-order valence-electron chi connectivity index (χ1n) is 6.44. The second-order valence-electron chi connectivity index (χ2n) is 4.49. The Labute approximate surface area is 115 Å². The number of nitrogens with zero attached hydrogens (tertiary/aromatic N) is 4. The van der Waals surface area contributed by atoms with E-state index in [9.17, 15) is 4.79 Å². The number of ether oxygens (including phenoxy) is 1. The van der Waals surface area contributed by atoms with Gasteiger partial charge in [0, 0.05) is 19.5 Å². The molecule has 6 nitrogen and oxygen atoms in total. The number of hydrogen-bond acceptors (Lipinski definition) is 5. The van der Waals surface area contributed by atoms with E-state index in [0.717, 1.165) is 22.1 Å². The molecule has 0 aromatic carbocycles. The molecule has 0 fully saturated rings. The third-order valence-electron chi connectivity index (χ3n) is 3.12. The fraction of sp³-hybridized carbons (Fsp3) is 0.286. The molecule has 6 heteroatoms. The molecule has 1 atom stereocenters. The standard InChI is InChI=1S/C14H14N4O2/c1-3-12(20-9(2)19)18-8-17-11-7-16-10-5-4-6-15-13(10)14(11)18/h4-8,12H,3H2,1-2H3. The van der Waals surface area contributed by atoms with Crippen LogP contribution in [0.3, 0.4) is 0 Å². The molecule has 0 aliphatic heterocycles. The molecule has 102 valence electrons. The molecule has 0 radical (unpaired) electrons. The predicted octanol–water partition coefficient (Wildman–Crippen LogP) is 2.45. The number of pyridine rings is 2. The molecule has 0 spiro atoms. The van der Waals surface area contributed by atoms with Gasteiger partial charge in [-0.05, 0) is 12.1 Å². The van der Waals surface area contributed by atoms with Crippen molar-refractivity contribution in [1.82, 2.24) is 19.5 Å². The van der Waals surface area contributed by atoms with Crippen LogP contribution < -0.4 is 0 Å². The summed E-state index contributed by atoms with van der Waals surface area (Å²) in [4.78, 5) is 24.2. The smallest absolute Gasteiger partial charge is 0.304 e. The third-order valence-corrected chi connectivity index (χ3v) is 3.12. The summed E-state index contributed by atoms with van der Waals surface area (Å²) in [5, 5.41) is 0. The molecule has 0 bridgehead atoms. The fourth-order valence-corrected chi connectivity index (χ4v) is 2.27. The van der Waals surface area contributed by atoms with Crippen molar-refractivity contribution in [2.24, 2.45) is 0 Å². The van der Waals surface area contributed by atoms with Gasteiger partial charge in [0.2, 0.25) is 0 Å². The molecule has 0 saturated heterocycles. The maximum absolute atomic E-state index is 11.2. The van der Waals surface area contributed by atoms with Crippen molar-refractivity contribution < 1.29 is 9.53 Å². The van der Waals surface area contributed by atoms with Gasteiger partial charge in [0.05, 0.1) is 18.0 Å². The van der Waals surface area contributed by atoms with E-state index in [-0.39, 0.29) is 12.2 Å². The lowest BCUT2D eigenvalue weighted by molar-refractivity contribution is -0.151. The summed E-state index contributed by atoms with van der Waals surface area (Å²) in [6.45, 7) is 3.36. The van der Waals surface area contributed by atoms with Crippen LogP contribution in [0.1, 0.15) is 26.5 Å². The van der Waals surface area contributed by atoms with Crippen molar-refractivity contribution in [3.63, 3.8) is 0 Å². The monoisotopic (exact) mass is 270 g/mol. The van der Waals surface area contributed by atoms with E-state index in [1.165, 1.54) is 6.92 Å². The Morgan fingerprint density at radius 3 is 2.95 bits per heavy atom. The Morgan fingerprint density at radius 1 is 1.35 bits per heavy atom. The van der Waals surface area contributed by atoms with Gasteiger partial charge in [0.1, 0.15) is 16.6 Å². The van der Waals surface area contributed by atoms with Crippen LogP contribution in [0.2, 0.25) is 0 Å².